The molecule has 0 amide bonds. The Morgan fingerprint density at radius 2 is 1.84 bits per heavy atom. The summed E-state index contributed by atoms with van der Waals surface area (Å²) in [4.78, 5) is 2.67. The van der Waals surface area contributed by atoms with Gasteiger partial charge in [0.1, 0.15) is 0 Å². The number of nitrogens with zero attached hydrogens (tertiary/aromatic N) is 1. The predicted molar refractivity (Wildman–Crippen MR) is 81.8 cm³/mol. The van der Waals surface area contributed by atoms with Crippen LogP contribution in [-0.4, -0.2) is 29.6 Å². The summed E-state index contributed by atoms with van der Waals surface area (Å²) < 4.78 is 0. The van der Waals surface area contributed by atoms with E-state index in [1.165, 1.54) is 70.9 Å². The van der Waals surface area contributed by atoms with Crippen molar-refractivity contribution in [3.05, 3.63) is 0 Å². The second-order valence-corrected chi connectivity index (χ2v) is 6.85. The van der Waals surface area contributed by atoms with E-state index in [9.17, 15) is 0 Å². The van der Waals surface area contributed by atoms with E-state index in [0.29, 0.717) is 6.04 Å². The van der Waals surface area contributed by atoms with E-state index in [4.69, 9.17) is 5.84 Å². The largest absolute Gasteiger partial charge is 0.296 e. The Morgan fingerprint density at radius 3 is 2.37 bits per heavy atom. The molecule has 3 nitrogen and oxygen atoms in total. The maximum absolute atomic E-state index is 5.91. The Bertz CT molecular complexity index is 257. The molecule has 1 aliphatic carbocycles. The van der Waals surface area contributed by atoms with Crippen LogP contribution in [0.1, 0.15) is 71.6 Å². The highest BCUT2D eigenvalue weighted by Crippen LogP contribution is 2.33. The summed E-state index contributed by atoms with van der Waals surface area (Å²) in [5.74, 6) is 6.88. The minimum absolute atomic E-state index is 0.240. The first-order chi connectivity index (χ1) is 9.20. The molecule has 19 heavy (non-hydrogen) atoms. The fourth-order valence-electron chi connectivity index (χ4n) is 4.19. The molecule has 112 valence electrons. The zero-order chi connectivity index (χ0) is 13.7. The highest BCUT2D eigenvalue weighted by Gasteiger charge is 2.38. The van der Waals surface area contributed by atoms with Gasteiger partial charge in [0.15, 0.2) is 0 Å². The summed E-state index contributed by atoms with van der Waals surface area (Å²) in [5, 5.41) is 0. The van der Waals surface area contributed by atoms with E-state index in [0.717, 1.165) is 5.92 Å². The van der Waals surface area contributed by atoms with Crippen molar-refractivity contribution in [3.8, 4) is 0 Å². The van der Waals surface area contributed by atoms with Crippen molar-refractivity contribution in [1.82, 2.24) is 10.3 Å². The van der Waals surface area contributed by atoms with Gasteiger partial charge in [-0.15, -0.1) is 0 Å². The minimum Gasteiger partial charge on any atom is -0.296 e. The molecule has 0 bridgehead atoms. The van der Waals surface area contributed by atoms with Crippen LogP contribution in [0.15, 0.2) is 0 Å². The second-order valence-electron chi connectivity index (χ2n) is 6.85. The topological polar surface area (TPSA) is 41.3 Å². The minimum atomic E-state index is 0.240. The van der Waals surface area contributed by atoms with Crippen molar-refractivity contribution in [3.63, 3.8) is 0 Å². The number of hydrazine groups is 1. The maximum Gasteiger partial charge on any atom is 0.0392 e. The molecule has 2 atom stereocenters. The molecule has 1 aliphatic heterocycles. The average molecular weight is 267 g/mol. The van der Waals surface area contributed by atoms with Crippen LogP contribution in [0.25, 0.3) is 0 Å². The Labute approximate surface area is 119 Å². The van der Waals surface area contributed by atoms with Crippen LogP contribution >= 0.6 is 0 Å². The number of hydrogen-bond donors (Lipinski definition) is 2. The van der Waals surface area contributed by atoms with Crippen LogP contribution in [0.5, 0.6) is 0 Å². The molecule has 0 aromatic rings. The smallest absolute Gasteiger partial charge is 0.0392 e. The lowest BCUT2D eigenvalue weighted by Gasteiger charge is -2.44. The molecule has 1 heterocycles. The van der Waals surface area contributed by atoms with E-state index < -0.39 is 0 Å². The van der Waals surface area contributed by atoms with Gasteiger partial charge in [-0.25, -0.2) is 0 Å². The van der Waals surface area contributed by atoms with Gasteiger partial charge in [-0.05, 0) is 58.0 Å². The van der Waals surface area contributed by atoms with E-state index >= 15 is 0 Å². The first-order valence-electron chi connectivity index (χ1n) is 8.42. The van der Waals surface area contributed by atoms with Crippen molar-refractivity contribution >= 4 is 0 Å². The number of hydrogen-bond acceptors (Lipinski definition) is 3. The van der Waals surface area contributed by atoms with Crippen molar-refractivity contribution in [2.45, 2.75) is 83.2 Å². The van der Waals surface area contributed by atoms with Gasteiger partial charge in [0.05, 0.1) is 0 Å². The van der Waals surface area contributed by atoms with Crippen LogP contribution < -0.4 is 11.3 Å². The summed E-state index contributed by atoms with van der Waals surface area (Å²) in [5.41, 5.74) is 3.39. The van der Waals surface area contributed by atoms with Crippen LogP contribution in [-0.2, 0) is 0 Å². The molecular formula is C16H33N3. The molecule has 0 radical (unpaired) electrons. The fraction of sp³-hybridized carbons (Fsp3) is 1.00. The van der Waals surface area contributed by atoms with Gasteiger partial charge in [0, 0.05) is 11.6 Å². The zero-order valence-corrected chi connectivity index (χ0v) is 13.0. The first kappa shape index (κ1) is 15.3. The third kappa shape index (κ3) is 3.50. The second kappa shape index (κ2) is 7.05. The molecule has 2 aliphatic rings. The lowest BCUT2D eigenvalue weighted by atomic mass is 9.83. The Morgan fingerprint density at radius 1 is 1.21 bits per heavy atom. The third-order valence-corrected chi connectivity index (χ3v) is 5.83. The van der Waals surface area contributed by atoms with E-state index in [-0.39, 0.29) is 5.54 Å². The summed E-state index contributed by atoms with van der Waals surface area (Å²) in [6, 6.07) is 0.441. The van der Waals surface area contributed by atoms with E-state index in [2.05, 4.69) is 24.2 Å². The van der Waals surface area contributed by atoms with E-state index in [1.807, 2.05) is 0 Å². The summed E-state index contributed by atoms with van der Waals surface area (Å²) in [7, 11) is 0. The number of nitrogens with one attached hydrogen (secondary N) is 1. The standard InChI is InChI=1S/C16H33N3/c1-3-16(2,19-12-6-7-13-19)15(18-17)11-10-14-8-4-5-9-14/h14-15,18H,3-13,17H2,1-2H3. The average Bonchev–Trinajstić information content (AvgIpc) is 3.12. The fourth-order valence-corrected chi connectivity index (χ4v) is 4.19. The van der Waals surface area contributed by atoms with Crippen molar-refractivity contribution < 1.29 is 0 Å². The van der Waals surface area contributed by atoms with E-state index in [1.54, 1.807) is 0 Å². The third-order valence-electron chi connectivity index (χ3n) is 5.83. The Balaban J connectivity index is 1.92. The molecule has 0 aromatic carbocycles. The molecule has 2 fully saturated rings. The van der Waals surface area contributed by atoms with Gasteiger partial charge in [0.2, 0.25) is 0 Å². The molecule has 2 rings (SSSR count). The normalized spacial score (nSPS) is 26.7. The zero-order valence-electron chi connectivity index (χ0n) is 13.0. The monoisotopic (exact) mass is 267 g/mol. The molecule has 2 unspecified atom stereocenters. The summed E-state index contributed by atoms with van der Waals surface area (Å²) in [6.45, 7) is 7.24. The highest BCUT2D eigenvalue weighted by atomic mass is 15.3. The van der Waals surface area contributed by atoms with Crippen molar-refractivity contribution in [2.24, 2.45) is 11.8 Å². The van der Waals surface area contributed by atoms with Gasteiger partial charge in [0.25, 0.3) is 0 Å². The molecule has 0 aromatic heterocycles. The van der Waals surface area contributed by atoms with Gasteiger partial charge in [-0.3, -0.25) is 16.2 Å². The molecule has 0 spiro atoms. The number of rotatable bonds is 7. The van der Waals surface area contributed by atoms with Gasteiger partial charge < -0.3 is 0 Å². The number of likely N-dealkylation sites (tertiary alicyclic amines) is 1. The first-order valence-corrected chi connectivity index (χ1v) is 8.42. The van der Waals surface area contributed by atoms with Crippen LogP contribution in [0.4, 0.5) is 0 Å². The lowest BCUT2D eigenvalue weighted by Crippen LogP contribution is -2.60. The molecule has 1 saturated heterocycles. The van der Waals surface area contributed by atoms with Crippen LogP contribution in [0, 0.1) is 5.92 Å². The van der Waals surface area contributed by atoms with Crippen molar-refractivity contribution in [1.29, 1.82) is 0 Å². The maximum atomic E-state index is 5.91. The quantitative estimate of drug-likeness (QED) is 0.550. The molecule has 3 N–H and O–H groups in total. The van der Waals surface area contributed by atoms with Crippen LogP contribution in [0.3, 0.4) is 0 Å². The van der Waals surface area contributed by atoms with Gasteiger partial charge in [-0.1, -0.05) is 32.6 Å². The van der Waals surface area contributed by atoms with Gasteiger partial charge >= 0.3 is 0 Å². The summed E-state index contributed by atoms with van der Waals surface area (Å²) in [6.07, 6.45) is 12.3. The molecular weight excluding hydrogens is 234 g/mol. The lowest BCUT2D eigenvalue weighted by molar-refractivity contribution is 0.0773. The van der Waals surface area contributed by atoms with Crippen molar-refractivity contribution in [2.75, 3.05) is 13.1 Å². The predicted octanol–water partition coefficient (Wildman–Crippen LogP) is 3.05. The molecule has 3 heteroatoms. The van der Waals surface area contributed by atoms with Crippen LogP contribution in [0.2, 0.25) is 0 Å². The Kier molecular flexibility index (Phi) is 5.67. The molecule has 1 saturated carbocycles. The number of nitrogens with two attached hydrogens (primary N) is 1. The Hall–Kier alpha value is -0.120. The van der Waals surface area contributed by atoms with Gasteiger partial charge in [-0.2, -0.15) is 0 Å². The SMILES string of the molecule is CCC(C)(C(CCC1CCCC1)NN)N1CCCC1. The highest BCUT2D eigenvalue weighted by molar-refractivity contribution is 4.97. The summed E-state index contributed by atoms with van der Waals surface area (Å²) >= 11 is 0.